The number of nitrogens with zero attached hydrogens (tertiary/aromatic N) is 1. The van der Waals surface area contributed by atoms with Gasteiger partial charge in [-0.25, -0.2) is 0 Å². The lowest BCUT2D eigenvalue weighted by molar-refractivity contribution is -0.262. The molecule has 4 aliphatic carbocycles. The first kappa shape index (κ1) is 29.9. The summed E-state index contributed by atoms with van der Waals surface area (Å²) in [5, 5.41) is 23.8. The second-order valence-corrected chi connectivity index (χ2v) is 18.1. The van der Waals surface area contributed by atoms with Gasteiger partial charge in [-0.3, -0.25) is 4.79 Å². The fourth-order valence-corrected chi connectivity index (χ4v) is 13.2. The van der Waals surface area contributed by atoms with Gasteiger partial charge in [0.2, 0.25) is 0 Å². The first-order chi connectivity index (χ1) is 21.5. The van der Waals surface area contributed by atoms with Gasteiger partial charge < -0.3 is 24.3 Å². The topological polar surface area (TPSA) is 80.9 Å². The molecule has 3 aliphatic heterocycles. The van der Waals surface area contributed by atoms with Crippen LogP contribution in [-0.4, -0.2) is 44.2 Å². The molecule has 1 aromatic carbocycles. The molecule has 6 heteroatoms. The highest BCUT2D eigenvalue weighted by atomic mass is 16.6. The molecule has 4 heterocycles. The molecule has 2 aromatic rings. The second kappa shape index (κ2) is 8.66. The average Bonchev–Trinajstić information content (AvgIpc) is 3.62. The Bertz CT molecular complexity index is 1810. The molecular formula is C40H51NO5. The van der Waals surface area contributed by atoms with Crippen molar-refractivity contribution in [1.82, 2.24) is 4.57 Å². The maximum atomic E-state index is 14.8. The fourth-order valence-electron chi connectivity index (χ4n) is 13.2. The van der Waals surface area contributed by atoms with Crippen molar-refractivity contribution in [2.45, 2.75) is 141 Å². The number of benzene rings is 1. The molecule has 10 atom stereocenters. The monoisotopic (exact) mass is 625 g/mol. The summed E-state index contributed by atoms with van der Waals surface area (Å²) in [6, 6.07) is 1.89. The maximum Gasteiger partial charge on any atom is 0.192 e. The molecule has 3 fully saturated rings. The van der Waals surface area contributed by atoms with Crippen molar-refractivity contribution in [3.05, 3.63) is 52.2 Å². The van der Waals surface area contributed by atoms with Crippen molar-refractivity contribution in [1.29, 1.82) is 0 Å². The summed E-state index contributed by atoms with van der Waals surface area (Å²) in [6.07, 6.45) is 7.87. The van der Waals surface area contributed by atoms with E-state index in [0.29, 0.717) is 23.8 Å². The van der Waals surface area contributed by atoms with E-state index in [9.17, 15) is 15.0 Å². The third-order valence-corrected chi connectivity index (χ3v) is 14.9. The number of aliphatic hydroxyl groups is 2. The fraction of sp³-hybridized carbons (Fsp3) is 0.675. The van der Waals surface area contributed by atoms with Crippen LogP contribution in [0.4, 0.5) is 0 Å². The van der Waals surface area contributed by atoms with Crippen LogP contribution in [0.1, 0.15) is 139 Å². The summed E-state index contributed by atoms with van der Waals surface area (Å²) in [5.41, 5.74) is 7.16. The third kappa shape index (κ3) is 3.22. The number of hydrogen-bond acceptors (Lipinski definition) is 5. The van der Waals surface area contributed by atoms with E-state index >= 15 is 0 Å². The zero-order chi connectivity index (χ0) is 32.7. The predicted molar refractivity (Wildman–Crippen MR) is 179 cm³/mol. The number of hydrogen-bond donors (Lipinski definition) is 2. The molecule has 7 aliphatic rings. The first-order valence-electron chi connectivity index (χ1n) is 17.8. The Labute approximate surface area is 273 Å². The second-order valence-electron chi connectivity index (χ2n) is 18.1. The Morgan fingerprint density at radius 1 is 1.02 bits per heavy atom. The molecule has 2 N–H and O–H groups in total. The van der Waals surface area contributed by atoms with E-state index in [1.54, 1.807) is 0 Å². The first-order valence-corrected chi connectivity index (χ1v) is 17.8. The molecule has 6 nitrogen and oxygen atoms in total. The number of fused-ring (bicyclic) bond motifs is 13. The lowest BCUT2D eigenvalue weighted by Gasteiger charge is -2.66. The zero-order valence-electron chi connectivity index (χ0n) is 28.9. The van der Waals surface area contributed by atoms with Gasteiger partial charge in [-0.15, -0.1) is 0 Å². The number of allylic oxidation sites excluding steroid dienone is 1. The van der Waals surface area contributed by atoms with Crippen LogP contribution < -0.4 is 0 Å². The van der Waals surface area contributed by atoms with Gasteiger partial charge >= 0.3 is 0 Å². The quantitative estimate of drug-likeness (QED) is 0.317. The standard InChI is InChI=1S/C40H51NO5/c1-19(2)31-34(44)29-28-21(24-18-36(3,4)46-37(5,6)30(24)33(28)43)17-22-23-16-20-10-11-25-38(7)14-13-27(42)45-26(38)12-15-39(25,8)40(20,9)35(23)41(31)32(22)29/h17-18,20,25-27,30-31,33,42-43H,1,10-16H2,2-9H3/t20?,25?,26-,27?,30?,31-,33+,38-,39-,40?/m0/s1. The lowest BCUT2D eigenvalue weighted by Crippen LogP contribution is -2.64. The largest absolute Gasteiger partial charge is 0.388 e. The molecule has 5 unspecified atom stereocenters. The number of carbonyl (C=O) groups is 1. The van der Waals surface area contributed by atoms with Crippen molar-refractivity contribution < 1.29 is 24.5 Å². The van der Waals surface area contributed by atoms with Gasteiger partial charge in [0.1, 0.15) is 6.04 Å². The van der Waals surface area contributed by atoms with Crippen LogP contribution in [0, 0.1) is 28.6 Å². The number of aliphatic hydroxyl groups excluding tert-OH is 2. The molecule has 0 radical (unpaired) electrons. The van der Waals surface area contributed by atoms with E-state index in [-0.39, 0.29) is 34.1 Å². The van der Waals surface area contributed by atoms with E-state index in [1.807, 2.05) is 6.92 Å². The third-order valence-electron chi connectivity index (χ3n) is 14.9. The summed E-state index contributed by atoms with van der Waals surface area (Å²) in [7, 11) is 0. The number of ketones is 1. The minimum atomic E-state index is -0.811. The highest BCUT2D eigenvalue weighted by Gasteiger charge is 2.69. The summed E-state index contributed by atoms with van der Waals surface area (Å²) in [4.78, 5) is 14.8. The van der Waals surface area contributed by atoms with Crippen molar-refractivity contribution >= 4 is 22.3 Å². The van der Waals surface area contributed by atoms with Gasteiger partial charge in [-0.05, 0) is 131 Å². The van der Waals surface area contributed by atoms with E-state index in [0.717, 1.165) is 59.9 Å². The van der Waals surface area contributed by atoms with Crippen LogP contribution >= 0.6 is 0 Å². The summed E-state index contributed by atoms with van der Waals surface area (Å²) in [6.45, 7) is 22.3. The normalized spacial score (nSPS) is 44.2. The molecule has 46 heavy (non-hydrogen) atoms. The van der Waals surface area contributed by atoms with Gasteiger partial charge in [0.05, 0.1) is 34.5 Å². The molecular weight excluding hydrogens is 574 g/mol. The van der Waals surface area contributed by atoms with Gasteiger partial charge in [0.25, 0.3) is 0 Å². The van der Waals surface area contributed by atoms with Gasteiger partial charge in [0, 0.05) is 28.0 Å². The Morgan fingerprint density at radius 2 is 1.76 bits per heavy atom. The molecule has 2 saturated carbocycles. The van der Waals surface area contributed by atoms with Crippen molar-refractivity contribution in [2.24, 2.45) is 28.6 Å². The van der Waals surface area contributed by atoms with Crippen molar-refractivity contribution in [3.63, 3.8) is 0 Å². The number of ether oxygens (including phenoxy) is 2. The molecule has 9 rings (SSSR count). The van der Waals surface area contributed by atoms with Crippen LogP contribution in [0.2, 0.25) is 0 Å². The molecule has 0 spiro atoms. The van der Waals surface area contributed by atoms with Crippen LogP contribution in [0.15, 0.2) is 24.3 Å². The SMILES string of the molecule is C=C(C)[C@H]1C(=O)c2c3c(cc4c5c(n1c24)C1(C)C(CCC2[C@]4(C)CCC(O)O[C@H]4CC[C@@]21C)C5)C1=CC(C)(C)OC(C)(C)C1[C@@H]3O. The minimum absolute atomic E-state index is 0.0159. The van der Waals surface area contributed by atoms with Crippen LogP contribution in [0.3, 0.4) is 0 Å². The summed E-state index contributed by atoms with van der Waals surface area (Å²) >= 11 is 0. The number of aromatic nitrogens is 1. The number of rotatable bonds is 1. The van der Waals surface area contributed by atoms with Crippen molar-refractivity contribution in [2.75, 3.05) is 0 Å². The van der Waals surface area contributed by atoms with Crippen LogP contribution in [-0.2, 0) is 21.3 Å². The molecule has 1 saturated heterocycles. The number of Topliss-reactive ketones (excluding diaryl/α,β-unsaturated/α-hetero) is 1. The van der Waals surface area contributed by atoms with Gasteiger partial charge in [-0.1, -0.05) is 32.9 Å². The predicted octanol–water partition coefficient (Wildman–Crippen LogP) is 7.73. The Morgan fingerprint density at radius 3 is 2.48 bits per heavy atom. The molecule has 246 valence electrons. The van der Waals surface area contributed by atoms with E-state index in [1.165, 1.54) is 23.1 Å². The van der Waals surface area contributed by atoms with Crippen LogP contribution in [0.5, 0.6) is 0 Å². The highest BCUT2D eigenvalue weighted by molar-refractivity contribution is 6.18. The van der Waals surface area contributed by atoms with Crippen LogP contribution in [0.25, 0.3) is 16.5 Å². The number of carbonyl (C=O) groups excluding carboxylic acids is 1. The average molecular weight is 626 g/mol. The molecule has 0 amide bonds. The molecule has 1 aromatic heterocycles. The minimum Gasteiger partial charge on any atom is -0.388 e. The van der Waals surface area contributed by atoms with E-state index < -0.39 is 29.6 Å². The Hall–Kier alpha value is -2.25. The Kier molecular flexibility index (Phi) is 5.62. The van der Waals surface area contributed by atoms with E-state index in [2.05, 4.69) is 71.8 Å². The van der Waals surface area contributed by atoms with Gasteiger partial charge in [-0.2, -0.15) is 0 Å². The maximum absolute atomic E-state index is 14.8. The van der Waals surface area contributed by atoms with Gasteiger partial charge in [0.15, 0.2) is 12.1 Å². The highest BCUT2D eigenvalue weighted by Crippen LogP contribution is 2.72. The van der Waals surface area contributed by atoms with Crippen molar-refractivity contribution in [3.8, 4) is 0 Å². The smallest absolute Gasteiger partial charge is 0.192 e. The molecule has 0 bridgehead atoms. The lowest BCUT2D eigenvalue weighted by atomic mass is 9.40. The summed E-state index contributed by atoms with van der Waals surface area (Å²) in [5.74, 6) is 0.814. The van der Waals surface area contributed by atoms with E-state index in [4.69, 9.17) is 9.47 Å². The summed E-state index contributed by atoms with van der Waals surface area (Å²) < 4.78 is 15.2. The zero-order valence-corrected chi connectivity index (χ0v) is 28.9. The Balaban J connectivity index is 1.30.